The summed E-state index contributed by atoms with van der Waals surface area (Å²) in [6.45, 7) is 2.21. The van der Waals surface area contributed by atoms with Crippen LogP contribution in [0.15, 0.2) is 53.2 Å². The molecule has 0 saturated carbocycles. The Bertz CT molecular complexity index is 500. The van der Waals surface area contributed by atoms with E-state index in [2.05, 4.69) is 30.3 Å². The van der Waals surface area contributed by atoms with Gasteiger partial charge >= 0.3 is 0 Å². The third-order valence-electron chi connectivity index (χ3n) is 3.17. The number of anilines is 1. The molecule has 1 atom stereocenters. The second kappa shape index (κ2) is 6.23. The minimum atomic E-state index is 0.636. The molecule has 0 fully saturated rings. The molecular weight excluding hydrogens is 236 g/mol. The average Bonchev–Trinajstić information content (AvgIpc) is 2.46. The fourth-order valence-corrected chi connectivity index (χ4v) is 1.86. The largest absolute Gasteiger partial charge is 0.497 e. The highest BCUT2D eigenvalue weighted by Crippen LogP contribution is 2.19. The standard InChI is InChI=1S/C16H20N2O/c1-13-4-6-14(7-5-13)12-17-18(2)15-8-10-16(19-3)11-9-15/h4,6-13H,5H2,1-3H3. The molecule has 0 spiro atoms. The molecule has 0 N–H and O–H groups in total. The van der Waals surface area contributed by atoms with Gasteiger partial charge in [0, 0.05) is 7.05 Å². The molecule has 0 amide bonds. The van der Waals surface area contributed by atoms with Crippen LogP contribution in [0.2, 0.25) is 0 Å². The predicted octanol–water partition coefficient (Wildman–Crippen LogP) is 3.64. The van der Waals surface area contributed by atoms with Crippen LogP contribution in [-0.4, -0.2) is 20.4 Å². The lowest BCUT2D eigenvalue weighted by atomic mass is 9.99. The maximum absolute atomic E-state index is 5.14. The summed E-state index contributed by atoms with van der Waals surface area (Å²) < 4.78 is 5.14. The predicted molar refractivity (Wildman–Crippen MR) is 80.9 cm³/mol. The van der Waals surface area contributed by atoms with Crippen LogP contribution in [0.1, 0.15) is 13.3 Å². The van der Waals surface area contributed by atoms with Crippen molar-refractivity contribution in [3.05, 3.63) is 48.1 Å². The summed E-state index contributed by atoms with van der Waals surface area (Å²) in [4.78, 5) is 0. The molecule has 0 saturated heterocycles. The number of allylic oxidation sites excluding steroid dienone is 4. The van der Waals surface area contributed by atoms with Gasteiger partial charge in [0.1, 0.15) is 5.75 Å². The number of nitrogens with zero attached hydrogens (tertiary/aromatic N) is 2. The Balaban J connectivity index is 2.00. The molecule has 3 heteroatoms. The molecule has 0 radical (unpaired) electrons. The summed E-state index contributed by atoms with van der Waals surface area (Å²) in [5, 5.41) is 6.30. The maximum Gasteiger partial charge on any atom is 0.119 e. The first-order chi connectivity index (χ1) is 9.19. The first-order valence-electron chi connectivity index (χ1n) is 6.49. The van der Waals surface area contributed by atoms with Crippen LogP contribution in [0.25, 0.3) is 0 Å². The Labute approximate surface area is 114 Å². The smallest absolute Gasteiger partial charge is 0.119 e. The lowest BCUT2D eigenvalue weighted by Gasteiger charge is -2.14. The van der Waals surface area contributed by atoms with E-state index < -0.39 is 0 Å². The Morgan fingerprint density at radius 3 is 2.63 bits per heavy atom. The van der Waals surface area contributed by atoms with E-state index in [0.717, 1.165) is 17.9 Å². The van der Waals surface area contributed by atoms with Gasteiger partial charge in [0.05, 0.1) is 19.0 Å². The van der Waals surface area contributed by atoms with Crippen LogP contribution < -0.4 is 9.75 Å². The summed E-state index contributed by atoms with van der Waals surface area (Å²) >= 11 is 0. The second-order valence-corrected chi connectivity index (χ2v) is 4.74. The molecule has 3 nitrogen and oxygen atoms in total. The average molecular weight is 256 g/mol. The molecule has 1 aromatic carbocycles. The zero-order valence-electron chi connectivity index (χ0n) is 11.7. The van der Waals surface area contributed by atoms with Crippen LogP contribution in [-0.2, 0) is 0 Å². The third kappa shape index (κ3) is 3.71. The lowest BCUT2D eigenvalue weighted by molar-refractivity contribution is 0.415. The SMILES string of the molecule is COc1ccc(N(C)N=CC2=CCC(C)C=C2)cc1. The van der Waals surface area contributed by atoms with E-state index in [0.29, 0.717) is 5.92 Å². The molecule has 1 aliphatic carbocycles. The zero-order valence-corrected chi connectivity index (χ0v) is 11.7. The van der Waals surface area contributed by atoms with Crippen LogP contribution >= 0.6 is 0 Å². The van der Waals surface area contributed by atoms with Crippen LogP contribution in [0.4, 0.5) is 5.69 Å². The minimum absolute atomic E-state index is 0.636. The molecule has 1 unspecified atom stereocenters. The third-order valence-corrected chi connectivity index (χ3v) is 3.17. The minimum Gasteiger partial charge on any atom is -0.497 e. The van der Waals surface area contributed by atoms with Crippen molar-refractivity contribution in [1.82, 2.24) is 0 Å². The Hall–Kier alpha value is -2.03. The van der Waals surface area contributed by atoms with Gasteiger partial charge in [0.25, 0.3) is 0 Å². The summed E-state index contributed by atoms with van der Waals surface area (Å²) in [5.41, 5.74) is 2.20. The molecule has 0 aliphatic heterocycles. The van der Waals surface area contributed by atoms with Crippen molar-refractivity contribution in [2.24, 2.45) is 11.0 Å². The van der Waals surface area contributed by atoms with Gasteiger partial charge in [-0.05, 0) is 42.2 Å². The molecule has 1 aromatic rings. The van der Waals surface area contributed by atoms with E-state index >= 15 is 0 Å². The van der Waals surface area contributed by atoms with Crippen molar-refractivity contribution in [1.29, 1.82) is 0 Å². The van der Waals surface area contributed by atoms with Crippen molar-refractivity contribution < 1.29 is 4.74 Å². The Kier molecular flexibility index (Phi) is 4.39. The summed E-state index contributed by atoms with van der Waals surface area (Å²) in [6.07, 6.45) is 9.54. The zero-order chi connectivity index (χ0) is 13.7. The maximum atomic E-state index is 5.14. The Morgan fingerprint density at radius 2 is 2.05 bits per heavy atom. The van der Waals surface area contributed by atoms with Crippen LogP contribution in [0, 0.1) is 5.92 Å². The first-order valence-corrected chi connectivity index (χ1v) is 6.49. The highest BCUT2D eigenvalue weighted by atomic mass is 16.5. The molecule has 1 aliphatic rings. The number of rotatable bonds is 4. The van der Waals surface area contributed by atoms with Crippen LogP contribution in [0.5, 0.6) is 5.75 Å². The molecule has 2 rings (SSSR count). The number of hydrogen-bond acceptors (Lipinski definition) is 3. The topological polar surface area (TPSA) is 24.8 Å². The Morgan fingerprint density at radius 1 is 1.32 bits per heavy atom. The number of hydrazone groups is 1. The fourth-order valence-electron chi connectivity index (χ4n) is 1.86. The van der Waals surface area contributed by atoms with Gasteiger partial charge in [-0.3, -0.25) is 5.01 Å². The van der Waals surface area contributed by atoms with Gasteiger partial charge in [-0.15, -0.1) is 0 Å². The van der Waals surface area contributed by atoms with E-state index in [-0.39, 0.29) is 0 Å². The van der Waals surface area contributed by atoms with E-state index in [1.165, 1.54) is 5.57 Å². The second-order valence-electron chi connectivity index (χ2n) is 4.74. The van der Waals surface area contributed by atoms with E-state index in [1.807, 2.05) is 42.5 Å². The van der Waals surface area contributed by atoms with E-state index in [4.69, 9.17) is 4.74 Å². The molecule has 19 heavy (non-hydrogen) atoms. The van der Waals surface area contributed by atoms with Crippen molar-refractivity contribution in [3.63, 3.8) is 0 Å². The van der Waals surface area contributed by atoms with Gasteiger partial charge in [-0.25, -0.2) is 0 Å². The molecule has 0 bridgehead atoms. The van der Waals surface area contributed by atoms with Crippen molar-refractivity contribution >= 4 is 11.9 Å². The van der Waals surface area contributed by atoms with Gasteiger partial charge in [-0.1, -0.05) is 25.2 Å². The van der Waals surface area contributed by atoms with Gasteiger partial charge < -0.3 is 4.74 Å². The van der Waals surface area contributed by atoms with Crippen molar-refractivity contribution in [3.8, 4) is 5.75 Å². The normalized spacial score (nSPS) is 18.5. The molecular formula is C16H20N2O. The van der Waals surface area contributed by atoms with E-state index in [1.54, 1.807) is 7.11 Å². The number of methoxy groups -OCH3 is 1. The van der Waals surface area contributed by atoms with Crippen molar-refractivity contribution in [2.45, 2.75) is 13.3 Å². The lowest BCUT2D eigenvalue weighted by Crippen LogP contribution is -2.09. The van der Waals surface area contributed by atoms with Gasteiger partial charge in [0.2, 0.25) is 0 Å². The van der Waals surface area contributed by atoms with Gasteiger partial charge in [-0.2, -0.15) is 5.10 Å². The highest BCUT2D eigenvalue weighted by molar-refractivity contribution is 5.83. The molecule has 0 aromatic heterocycles. The van der Waals surface area contributed by atoms with E-state index in [9.17, 15) is 0 Å². The number of benzene rings is 1. The fraction of sp³-hybridized carbons (Fsp3) is 0.312. The summed E-state index contributed by atoms with van der Waals surface area (Å²) in [5.74, 6) is 1.49. The quantitative estimate of drug-likeness (QED) is 0.607. The molecule has 0 heterocycles. The molecule has 100 valence electrons. The first kappa shape index (κ1) is 13.4. The number of hydrogen-bond donors (Lipinski definition) is 0. The van der Waals surface area contributed by atoms with Crippen LogP contribution in [0.3, 0.4) is 0 Å². The number of ether oxygens (including phenoxy) is 1. The summed E-state index contributed by atoms with van der Waals surface area (Å²) in [7, 11) is 3.60. The summed E-state index contributed by atoms with van der Waals surface area (Å²) in [6, 6.07) is 7.85. The highest BCUT2D eigenvalue weighted by Gasteiger charge is 2.02. The monoisotopic (exact) mass is 256 g/mol. The van der Waals surface area contributed by atoms with Gasteiger partial charge in [0.15, 0.2) is 0 Å². The van der Waals surface area contributed by atoms with Crippen molar-refractivity contribution in [2.75, 3.05) is 19.2 Å².